The van der Waals surface area contributed by atoms with Crippen LogP contribution in [0.2, 0.25) is 5.02 Å². The zero-order chi connectivity index (χ0) is 17.7. The third-order valence-corrected chi connectivity index (χ3v) is 5.29. The number of benzene rings is 2. The number of methoxy groups -OCH3 is 1. The molecule has 0 spiro atoms. The SMILES string of the molecule is CCOc1ccc(S(=O)(=O)N[C@@H](C)c2ccc(OC)cc2)cc1Cl. The van der Waals surface area contributed by atoms with E-state index in [-0.39, 0.29) is 9.92 Å². The van der Waals surface area contributed by atoms with Gasteiger partial charge in [-0.25, -0.2) is 13.1 Å². The Morgan fingerprint density at radius 3 is 2.38 bits per heavy atom. The molecule has 24 heavy (non-hydrogen) atoms. The third-order valence-electron chi connectivity index (χ3n) is 3.46. The summed E-state index contributed by atoms with van der Waals surface area (Å²) in [6.07, 6.45) is 0. The first kappa shape index (κ1) is 18.6. The van der Waals surface area contributed by atoms with Crippen LogP contribution < -0.4 is 14.2 Å². The van der Waals surface area contributed by atoms with Crippen molar-refractivity contribution in [3.63, 3.8) is 0 Å². The maximum Gasteiger partial charge on any atom is 0.241 e. The molecule has 0 heterocycles. The van der Waals surface area contributed by atoms with E-state index in [4.69, 9.17) is 21.1 Å². The Bertz CT molecular complexity index is 791. The molecule has 0 saturated heterocycles. The minimum absolute atomic E-state index is 0.0938. The van der Waals surface area contributed by atoms with Gasteiger partial charge in [0.2, 0.25) is 10.0 Å². The van der Waals surface area contributed by atoms with Gasteiger partial charge in [-0.2, -0.15) is 0 Å². The predicted octanol–water partition coefficient (Wildman–Crippen LogP) is 3.79. The number of rotatable bonds is 7. The highest BCUT2D eigenvalue weighted by Gasteiger charge is 2.19. The third kappa shape index (κ3) is 4.41. The van der Waals surface area contributed by atoms with Crippen molar-refractivity contribution in [2.24, 2.45) is 0 Å². The van der Waals surface area contributed by atoms with E-state index in [1.165, 1.54) is 12.1 Å². The topological polar surface area (TPSA) is 64.6 Å². The smallest absolute Gasteiger partial charge is 0.241 e. The van der Waals surface area contributed by atoms with Gasteiger partial charge in [0.25, 0.3) is 0 Å². The van der Waals surface area contributed by atoms with Crippen LogP contribution in [-0.4, -0.2) is 22.1 Å². The Hall–Kier alpha value is -1.76. The highest BCUT2D eigenvalue weighted by molar-refractivity contribution is 7.89. The monoisotopic (exact) mass is 369 g/mol. The van der Waals surface area contributed by atoms with Crippen LogP contribution in [-0.2, 0) is 10.0 Å². The molecule has 0 aliphatic carbocycles. The highest BCUT2D eigenvalue weighted by Crippen LogP contribution is 2.28. The van der Waals surface area contributed by atoms with Crippen LogP contribution in [0, 0.1) is 0 Å². The molecule has 2 aromatic rings. The summed E-state index contributed by atoms with van der Waals surface area (Å²) in [5, 5.41) is 0.261. The van der Waals surface area contributed by atoms with Gasteiger partial charge < -0.3 is 9.47 Å². The van der Waals surface area contributed by atoms with Crippen LogP contribution in [0.3, 0.4) is 0 Å². The lowest BCUT2D eigenvalue weighted by Crippen LogP contribution is -2.26. The van der Waals surface area contributed by atoms with Gasteiger partial charge >= 0.3 is 0 Å². The van der Waals surface area contributed by atoms with E-state index in [0.717, 1.165) is 5.56 Å². The molecule has 0 saturated carbocycles. The van der Waals surface area contributed by atoms with Crippen molar-refractivity contribution < 1.29 is 17.9 Å². The highest BCUT2D eigenvalue weighted by atomic mass is 35.5. The van der Waals surface area contributed by atoms with E-state index in [1.807, 2.05) is 19.1 Å². The summed E-state index contributed by atoms with van der Waals surface area (Å²) in [5.74, 6) is 1.17. The van der Waals surface area contributed by atoms with E-state index < -0.39 is 16.1 Å². The molecule has 0 radical (unpaired) electrons. The summed E-state index contributed by atoms with van der Waals surface area (Å²) in [6, 6.07) is 11.2. The first-order chi connectivity index (χ1) is 11.4. The first-order valence-corrected chi connectivity index (χ1v) is 9.32. The molecule has 5 nitrogen and oxygen atoms in total. The van der Waals surface area contributed by atoms with Crippen molar-refractivity contribution in [1.29, 1.82) is 0 Å². The number of hydrogen-bond donors (Lipinski definition) is 1. The van der Waals surface area contributed by atoms with Gasteiger partial charge in [-0.15, -0.1) is 0 Å². The summed E-state index contributed by atoms with van der Waals surface area (Å²) in [5.41, 5.74) is 0.830. The lowest BCUT2D eigenvalue weighted by Gasteiger charge is -2.16. The van der Waals surface area contributed by atoms with Crippen molar-refractivity contribution in [1.82, 2.24) is 4.72 Å². The van der Waals surface area contributed by atoms with Crippen LogP contribution in [0.5, 0.6) is 11.5 Å². The van der Waals surface area contributed by atoms with Gasteiger partial charge in [0.05, 0.1) is 23.6 Å². The molecule has 130 valence electrons. The molecule has 0 aliphatic rings. The Kier molecular flexibility index (Phi) is 6.10. The summed E-state index contributed by atoms with van der Waals surface area (Å²) in [4.78, 5) is 0.0938. The van der Waals surface area contributed by atoms with Crippen LogP contribution in [0.25, 0.3) is 0 Å². The van der Waals surface area contributed by atoms with Gasteiger partial charge in [-0.1, -0.05) is 23.7 Å². The zero-order valence-electron chi connectivity index (χ0n) is 13.7. The van der Waals surface area contributed by atoms with E-state index in [0.29, 0.717) is 18.1 Å². The van der Waals surface area contributed by atoms with Crippen molar-refractivity contribution in [3.05, 3.63) is 53.1 Å². The minimum Gasteiger partial charge on any atom is -0.497 e. The van der Waals surface area contributed by atoms with Gasteiger partial charge in [0.1, 0.15) is 11.5 Å². The van der Waals surface area contributed by atoms with Crippen LogP contribution in [0.1, 0.15) is 25.5 Å². The second-order valence-electron chi connectivity index (χ2n) is 5.14. The first-order valence-electron chi connectivity index (χ1n) is 7.46. The van der Waals surface area contributed by atoms with E-state index in [1.54, 1.807) is 32.2 Å². The van der Waals surface area contributed by atoms with Crippen molar-refractivity contribution in [2.75, 3.05) is 13.7 Å². The fourth-order valence-electron chi connectivity index (χ4n) is 2.18. The zero-order valence-corrected chi connectivity index (χ0v) is 15.3. The molecule has 1 N–H and O–H groups in total. The summed E-state index contributed by atoms with van der Waals surface area (Å²) < 4.78 is 38.1. The number of ether oxygens (including phenoxy) is 2. The molecule has 7 heteroatoms. The molecule has 2 aromatic carbocycles. The largest absolute Gasteiger partial charge is 0.497 e. The fourth-order valence-corrected chi connectivity index (χ4v) is 3.74. The number of halogens is 1. The lowest BCUT2D eigenvalue weighted by atomic mass is 10.1. The second-order valence-corrected chi connectivity index (χ2v) is 7.26. The quantitative estimate of drug-likeness (QED) is 0.806. The van der Waals surface area contributed by atoms with Gasteiger partial charge in [-0.05, 0) is 49.7 Å². The Morgan fingerprint density at radius 1 is 1.17 bits per heavy atom. The molecule has 0 aromatic heterocycles. The maximum absolute atomic E-state index is 12.5. The maximum atomic E-state index is 12.5. The number of sulfonamides is 1. The predicted molar refractivity (Wildman–Crippen MR) is 94.4 cm³/mol. The second kappa shape index (κ2) is 7.88. The molecule has 0 fully saturated rings. The lowest BCUT2D eigenvalue weighted by molar-refractivity contribution is 0.340. The summed E-state index contributed by atoms with van der Waals surface area (Å²) >= 11 is 6.07. The average Bonchev–Trinajstić information content (AvgIpc) is 2.56. The molecular formula is C17H20ClNO4S. The van der Waals surface area contributed by atoms with E-state index in [2.05, 4.69) is 4.72 Å². The van der Waals surface area contributed by atoms with Crippen molar-refractivity contribution >= 4 is 21.6 Å². The van der Waals surface area contributed by atoms with E-state index >= 15 is 0 Å². The molecule has 1 atom stereocenters. The fraction of sp³-hybridized carbons (Fsp3) is 0.294. The molecule has 2 rings (SSSR count). The van der Waals surface area contributed by atoms with Crippen LogP contribution >= 0.6 is 11.6 Å². The molecule has 0 bridgehead atoms. The standard InChI is InChI=1S/C17H20ClNO4S/c1-4-23-17-10-9-15(11-16(17)18)24(20,21)19-12(2)13-5-7-14(22-3)8-6-13/h5-12,19H,4H2,1-3H3/t12-/m0/s1. The normalized spacial score (nSPS) is 12.7. The van der Waals surface area contributed by atoms with Gasteiger partial charge in [0.15, 0.2) is 0 Å². The van der Waals surface area contributed by atoms with Crippen molar-refractivity contribution in [3.8, 4) is 11.5 Å². The molecule has 0 unspecified atom stereocenters. The molecular weight excluding hydrogens is 350 g/mol. The van der Waals surface area contributed by atoms with E-state index in [9.17, 15) is 8.42 Å². The Morgan fingerprint density at radius 2 is 1.83 bits per heavy atom. The Labute approximate surface area is 147 Å². The number of hydrogen-bond acceptors (Lipinski definition) is 4. The van der Waals surface area contributed by atoms with Crippen LogP contribution in [0.4, 0.5) is 0 Å². The van der Waals surface area contributed by atoms with Crippen molar-refractivity contribution in [2.45, 2.75) is 24.8 Å². The molecule has 0 aliphatic heterocycles. The summed E-state index contributed by atoms with van der Waals surface area (Å²) in [6.45, 7) is 4.06. The molecule has 0 amide bonds. The van der Waals surface area contributed by atoms with Crippen LogP contribution in [0.15, 0.2) is 47.4 Å². The minimum atomic E-state index is -3.70. The number of nitrogens with one attached hydrogen (secondary N) is 1. The summed E-state index contributed by atoms with van der Waals surface area (Å²) in [7, 11) is -2.12. The van der Waals surface area contributed by atoms with Gasteiger partial charge in [-0.3, -0.25) is 0 Å². The Balaban J connectivity index is 2.19. The average molecular weight is 370 g/mol. The van der Waals surface area contributed by atoms with Gasteiger partial charge in [0, 0.05) is 6.04 Å².